The fourth-order valence-corrected chi connectivity index (χ4v) is 4.41. The van der Waals surface area contributed by atoms with Crippen molar-refractivity contribution in [1.29, 1.82) is 0 Å². The van der Waals surface area contributed by atoms with Crippen LogP contribution in [0.3, 0.4) is 0 Å². The summed E-state index contributed by atoms with van der Waals surface area (Å²) in [5.74, 6) is 3.02. The number of rotatable bonds is 5. The zero-order valence-electron chi connectivity index (χ0n) is 15.5. The Balaban J connectivity index is 1.86. The molecule has 1 saturated heterocycles. The van der Waals surface area contributed by atoms with Crippen molar-refractivity contribution < 1.29 is 22.3 Å². The number of ether oxygens (including phenoxy) is 2. The van der Waals surface area contributed by atoms with E-state index in [1.807, 2.05) is 26.0 Å². The summed E-state index contributed by atoms with van der Waals surface area (Å²) in [6.45, 7) is 5.41. The van der Waals surface area contributed by atoms with E-state index in [1.54, 1.807) is 14.2 Å². The maximum Gasteiger partial charge on any atom is 0.230 e. The minimum atomic E-state index is -2.89. The molecule has 3 rings (SSSR count). The molecule has 0 amide bonds. The quantitative estimate of drug-likeness (QED) is 0.786. The van der Waals surface area contributed by atoms with Gasteiger partial charge < -0.3 is 13.9 Å². The summed E-state index contributed by atoms with van der Waals surface area (Å²) in [5.41, 5.74) is 2.46. The highest BCUT2D eigenvalue weighted by atomic mass is 32.2. The number of oxazole rings is 1. The lowest BCUT2D eigenvalue weighted by Gasteiger charge is -2.25. The number of hydrogen-bond donors (Lipinski definition) is 0. The molecule has 0 radical (unpaired) electrons. The second-order valence-electron chi connectivity index (χ2n) is 6.42. The summed E-state index contributed by atoms with van der Waals surface area (Å²) in [7, 11) is 0.336. The maximum atomic E-state index is 11.6. The molecule has 8 heteroatoms. The first kappa shape index (κ1) is 18.7. The van der Waals surface area contributed by atoms with Crippen LogP contribution in [0.1, 0.15) is 17.0 Å². The molecule has 26 heavy (non-hydrogen) atoms. The van der Waals surface area contributed by atoms with E-state index in [0.29, 0.717) is 31.3 Å². The average Bonchev–Trinajstić information content (AvgIpc) is 2.97. The Morgan fingerprint density at radius 2 is 1.85 bits per heavy atom. The molecule has 2 aromatic rings. The third kappa shape index (κ3) is 3.71. The smallest absolute Gasteiger partial charge is 0.230 e. The first-order valence-electron chi connectivity index (χ1n) is 8.45. The van der Waals surface area contributed by atoms with E-state index < -0.39 is 9.84 Å². The highest BCUT2D eigenvalue weighted by Gasteiger charge is 2.24. The molecule has 0 unspecified atom stereocenters. The minimum Gasteiger partial charge on any atom is -0.496 e. The number of nitrogens with zero attached hydrogens (tertiary/aromatic N) is 2. The van der Waals surface area contributed by atoms with Gasteiger partial charge in [-0.2, -0.15) is 0 Å². The van der Waals surface area contributed by atoms with Gasteiger partial charge in [0.1, 0.15) is 17.3 Å². The Labute approximate surface area is 153 Å². The molecule has 1 aliphatic rings. The van der Waals surface area contributed by atoms with Gasteiger partial charge in [-0.3, -0.25) is 4.90 Å². The van der Waals surface area contributed by atoms with Crippen LogP contribution in [0.4, 0.5) is 0 Å². The van der Waals surface area contributed by atoms with E-state index in [4.69, 9.17) is 13.9 Å². The zero-order chi connectivity index (χ0) is 18.9. The molecule has 0 aliphatic carbocycles. The first-order valence-corrected chi connectivity index (χ1v) is 10.3. The predicted molar refractivity (Wildman–Crippen MR) is 98.4 cm³/mol. The third-order valence-corrected chi connectivity index (χ3v) is 6.32. The average molecular weight is 380 g/mol. The molecule has 0 atom stereocenters. The lowest BCUT2D eigenvalue weighted by Crippen LogP contribution is -2.39. The molecule has 2 heterocycles. The third-order valence-electron chi connectivity index (χ3n) is 4.71. The van der Waals surface area contributed by atoms with Crippen LogP contribution in [0.5, 0.6) is 11.5 Å². The maximum absolute atomic E-state index is 11.6. The topological polar surface area (TPSA) is 81.9 Å². The van der Waals surface area contributed by atoms with Crippen LogP contribution >= 0.6 is 0 Å². The van der Waals surface area contributed by atoms with Gasteiger partial charge in [-0.05, 0) is 26.0 Å². The Morgan fingerprint density at radius 1 is 1.15 bits per heavy atom. The number of sulfone groups is 1. The molecule has 1 aromatic carbocycles. The van der Waals surface area contributed by atoms with Crippen LogP contribution in [-0.2, 0) is 16.4 Å². The molecule has 1 fully saturated rings. The predicted octanol–water partition coefficient (Wildman–Crippen LogP) is 2.21. The second-order valence-corrected chi connectivity index (χ2v) is 8.73. The molecule has 7 nitrogen and oxygen atoms in total. The van der Waals surface area contributed by atoms with E-state index in [0.717, 1.165) is 28.3 Å². The first-order chi connectivity index (χ1) is 12.3. The minimum absolute atomic E-state index is 0.197. The van der Waals surface area contributed by atoms with Crippen LogP contribution in [0.15, 0.2) is 16.5 Å². The normalized spacial score (nSPS) is 17.2. The van der Waals surface area contributed by atoms with Crippen molar-refractivity contribution in [3.8, 4) is 23.0 Å². The van der Waals surface area contributed by atoms with Crippen LogP contribution in [0.2, 0.25) is 0 Å². The molecule has 142 valence electrons. The number of aromatic nitrogens is 1. The van der Waals surface area contributed by atoms with Crippen molar-refractivity contribution in [3.05, 3.63) is 29.2 Å². The summed E-state index contributed by atoms with van der Waals surface area (Å²) in [6, 6.07) is 3.73. The Hall–Kier alpha value is -2.06. The van der Waals surface area contributed by atoms with Gasteiger partial charge in [0.25, 0.3) is 0 Å². The van der Waals surface area contributed by atoms with E-state index in [9.17, 15) is 8.42 Å². The zero-order valence-corrected chi connectivity index (χ0v) is 16.4. The van der Waals surface area contributed by atoms with Gasteiger partial charge in [0.05, 0.1) is 37.0 Å². The van der Waals surface area contributed by atoms with Gasteiger partial charge in [0, 0.05) is 25.2 Å². The standard InChI is InChI=1S/C18H24N2O5S/c1-12-16(23-3)6-5-14(17(12)24-4)18-19-15(13(2)25-18)11-20-7-9-26(21,22)10-8-20/h5-6H,7-11H2,1-4H3. The summed E-state index contributed by atoms with van der Waals surface area (Å²) in [6.07, 6.45) is 0. The number of methoxy groups -OCH3 is 2. The molecular formula is C18H24N2O5S. The van der Waals surface area contributed by atoms with Crippen molar-refractivity contribution >= 4 is 9.84 Å². The van der Waals surface area contributed by atoms with Crippen molar-refractivity contribution in [2.75, 3.05) is 38.8 Å². The van der Waals surface area contributed by atoms with Crippen LogP contribution < -0.4 is 9.47 Å². The van der Waals surface area contributed by atoms with Gasteiger partial charge in [-0.15, -0.1) is 0 Å². The Bertz CT molecular complexity index is 891. The van der Waals surface area contributed by atoms with Gasteiger partial charge in [0.15, 0.2) is 9.84 Å². The van der Waals surface area contributed by atoms with Crippen molar-refractivity contribution in [2.45, 2.75) is 20.4 Å². The molecular weight excluding hydrogens is 356 g/mol. The van der Waals surface area contributed by atoms with Gasteiger partial charge >= 0.3 is 0 Å². The van der Waals surface area contributed by atoms with Crippen molar-refractivity contribution in [1.82, 2.24) is 9.88 Å². The van der Waals surface area contributed by atoms with E-state index in [1.165, 1.54) is 0 Å². The summed E-state index contributed by atoms with van der Waals surface area (Å²) in [4.78, 5) is 6.73. The van der Waals surface area contributed by atoms with Gasteiger partial charge in [-0.25, -0.2) is 13.4 Å². The van der Waals surface area contributed by atoms with Gasteiger partial charge in [0.2, 0.25) is 5.89 Å². The fraction of sp³-hybridized carbons (Fsp3) is 0.500. The SMILES string of the molecule is COc1ccc(-c2nc(CN3CCS(=O)(=O)CC3)c(C)o2)c(OC)c1C. The summed E-state index contributed by atoms with van der Waals surface area (Å²) in [5, 5.41) is 0. The van der Waals surface area contributed by atoms with Crippen molar-refractivity contribution in [2.24, 2.45) is 0 Å². The summed E-state index contributed by atoms with van der Waals surface area (Å²) >= 11 is 0. The Kier molecular flexibility index (Phi) is 5.24. The van der Waals surface area contributed by atoms with Crippen molar-refractivity contribution in [3.63, 3.8) is 0 Å². The van der Waals surface area contributed by atoms with Crippen LogP contribution in [0, 0.1) is 13.8 Å². The Morgan fingerprint density at radius 3 is 2.46 bits per heavy atom. The molecule has 1 aromatic heterocycles. The van der Waals surface area contributed by atoms with Gasteiger partial charge in [-0.1, -0.05) is 0 Å². The number of hydrogen-bond acceptors (Lipinski definition) is 7. The van der Waals surface area contributed by atoms with Crippen LogP contribution in [0.25, 0.3) is 11.5 Å². The molecule has 0 spiro atoms. The van der Waals surface area contributed by atoms with E-state index in [-0.39, 0.29) is 11.5 Å². The summed E-state index contributed by atoms with van der Waals surface area (Å²) < 4.78 is 39.9. The van der Waals surface area contributed by atoms with E-state index in [2.05, 4.69) is 9.88 Å². The molecule has 0 N–H and O–H groups in total. The number of aryl methyl sites for hydroxylation is 1. The fourth-order valence-electron chi connectivity index (χ4n) is 3.14. The largest absolute Gasteiger partial charge is 0.496 e. The lowest BCUT2D eigenvalue weighted by atomic mass is 10.1. The lowest BCUT2D eigenvalue weighted by molar-refractivity contribution is 0.283. The highest BCUT2D eigenvalue weighted by Crippen LogP contribution is 2.38. The number of benzene rings is 1. The molecule has 1 aliphatic heterocycles. The second kappa shape index (κ2) is 7.28. The molecule has 0 bridgehead atoms. The van der Waals surface area contributed by atoms with Crippen LogP contribution in [-0.4, -0.2) is 57.1 Å². The monoisotopic (exact) mass is 380 g/mol. The molecule has 0 saturated carbocycles. The highest BCUT2D eigenvalue weighted by molar-refractivity contribution is 7.91. The van der Waals surface area contributed by atoms with E-state index >= 15 is 0 Å².